The van der Waals surface area contributed by atoms with E-state index >= 15 is 0 Å². The summed E-state index contributed by atoms with van der Waals surface area (Å²) in [5.41, 5.74) is 0.749. The Labute approximate surface area is 141 Å². The Morgan fingerprint density at radius 3 is 2.26 bits per heavy atom. The quantitative estimate of drug-likeness (QED) is 0.594. The highest BCUT2D eigenvalue weighted by atomic mass is 28.4. The average Bonchev–Trinajstić information content (AvgIpc) is 2.44. The van der Waals surface area contributed by atoms with Crippen LogP contribution in [0, 0.1) is 17.8 Å². The zero-order valence-corrected chi connectivity index (χ0v) is 16.5. The van der Waals surface area contributed by atoms with Crippen LogP contribution in [0.2, 0.25) is 18.1 Å². The van der Waals surface area contributed by atoms with E-state index in [0.717, 1.165) is 11.3 Å². The first-order valence-corrected chi connectivity index (χ1v) is 10.8. The smallest absolute Gasteiger partial charge is 0.250 e. The third-order valence-electron chi connectivity index (χ3n) is 4.19. The van der Waals surface area contributed by atoms with Crippen LogP contribution >= 0.6 is 0 Å². The molecule has 23 heavy (non-hydrogen) atoms. The zero-order valence-electron chi connectivity index (χ0n) is 15.5. The highest BCUT2D eigenvalue weighted by molar-refractivity contribution is 6.74. The fraction of sp³-hybridized carbons (Fsp3) is 0.526. The third kappa shape index (κ3) is 5.14. The Balaban J connectivity index is 3.09. The van der Waals surface area contributed by atoms with E-state index in [9.17, 15) is 4.79 Å². The molecule has 126 valence electrons. The van der Waals surface area contributed by atoms with Gasteiger partial charge < -0.3 is 9.16 Å². The second kappa shape index (κ2) is 7.23. The number of hydrogen-bond donors (Lipinski definition) is 0. The maximum absolute atomic E-state index is 11.6. The predicted octanol–water partition coefficient (Wildman–Crippen LogP) is 4.66. The van der Waals surface area contributed by atoms with Crippen LogP contribution in [0.15, 0.2) is 18.2 Å². The van der Waals surface area contributed by atoms with E-state index in [4.69, 9.17) is 9.16 Å². The summed E-state index contributed by atoms with van der Waals surface area (Å²) in [5.74, 6) is 6.81. The molecule has 0 aromatic heterocycles. The summed E-state index contributed by atoms with van der Waals surface area (Å²) >= 11 is 0. The van der Waals surface area contributed by atoms with Gasteiger partial charge in [0.15, 0.2) is 5.75 Å². The molecule has 3 nitrogen and oxygen atoms in total. The van der Waals surface area contributed by atoms with E-state index in [2.05, 4.69) is 45.7 Å². The molecule has 0 amide bonds. The fourth-order valence-corrected chi connectivity index (χ4v) is 2.56. The second-order valence-corrected chi connectivity index (χ2v) is 12.2. The molecule has 1 aromatic rings. The molecule has 0 fully saturated rings. The lowest BCUT2D eigenvalue weighted by atomic mass is 10.1. The minimum absolute atomic E-state index is 0.0643. The minimum atomic E-state index is -1.93. The first kappa shape index (κ1) is 19.3. The Kier molecular flexibility index (Phi) is 6.07. The van der Waals surface area contributed by atoms with Crippen LogP contribution in [0.5, 0.6) is 11.5 Å². The van der Waals surface area contributed by atoms with Crippen molar-refractivity contribution in [2.75, 3.05) is 7.11 Å². The number of ether oxygens (including phenoxy) is 1. The molecule has 0 saturated heterocycles. The normalized spacial score (nSPS) is 11.7. The molecular formula is C19H28O3Si. The third-order valence-corrected chi connectivity index (χ3v) is 8.53. The molecule has 0 atom stereocenters. The average molecular weight is 333 g/mol. The van der Waals surface area contributed by atoms with Gasteiger partial charge in [-0.1, -0.05) is 40.5 Å². The number of ketones is 1. The summed E-state index contributed by atoms with van der Waals surface area (Å²) < 4.78 is 11.7. The number of carbonyl (C=O) groups excluding carboxylic acids is 1. The Bertz CT molecular complexity index is 628. The van der Waals surface area contributed by atoms with E-state index in [0.29, 0.717) is 5.75 Å². The van der Waals surface area contributed by atoms with Gasteiger partial charge in [-0.15, -0.1) is 0 Å². The number of benzene rings is 1. The first-order valence-electron chi connectivity index (χ1n) is 7.91. The molecule has 0 aliphatic rings. The largest absolute Gasteiger partial charge is 0.541 e. The molecule has 0 spiro atoms. The van der Waals surface area contributed by atoms with E-state index < -0.39 is 8.32 Å². The van der Waals surface area contributed by atoms with Crippen LogP contribution in [0.1, 0.15) is 40.2 Å². The number of carbonyl (C=O) groups is 1. The Morgan fingerprint density at radius 2 is 1.78 bits per heavy atom. The van der Waals surface area contributed by atoms with Crippen molar-refractivity contribution in [3.63, 3.8) is 0 Å². The molecule has 0 aliphatic carbocycles. The van der Waals surface area contributed by atoms with Gasteiger partial charge in [0.1, 0.15) is 5.75 Å². The standard InChI is InChI=1S/C19H28O3Si/c1-14(2)16(20)11-9-15-10-12-17(18(13-15)21-6)22-23(7,8)19(3,4)5/h10,12-14H,1-8H3. The van der Waals surface area contributed by atoms with Gasteiger partial charge in [-0.2, -0.15) is 0 Å². The van der Waals surface area contributed by atoms with E-state index in [1.54, 1.807) is 7.11 Å². The van der Waals surface area contributed by atoms with Gasteiger partial charge in [-0.25, -0.2) is 0 Å². The van der Waals surface area contributed by atoms with Crippen molar-refractivity contribution in [2.24, 2.45) is 5.92 Å². The summed E-state index contributed by atoms with van der Waals surface area (Å²) in [6.07, 6.45) is 0. The lowest BCUT2D eigenvalue weighted by molar-refractivity contribution is -0.116. The summed E-state index contributed by atoms with van der Waals surface area (Å²) in [7, 11) is -0.317. The highest BCUT2D eigenvalue weighted by Gasteiger charge is 2.39. The van der Waals surface area contributed by atoms with Gasteiger partial charge in [0.25, 0.3) is 8.32 Å². The van der Waals surface area contributed by atoms with Crippen molar-refractivity contribution in [3.8, 4) is 23.3 Å². The zero-order chi connectivity index (χ0) is 17.8. The maximum Gasteiger partial charge on any atom is 0.250 e. The van der Waals surface area contributed by atoms with E-state index in [1.165, 1.54) is 0 Å². The van der Waals surface area contributed by atoms with Crippen LogP contribution in [0.25, 0.3) is 0 Å². The molecule has 0 radical (unpaired) electrons. The summed E-state index contributed by atoms with van der Waals surface area (Å²) in [6, 6.07) is 5.57. The number of methoxy groups -OCH3 is 1. The molecule has 0 aliphatic heterocycles. The second-order valence-electron chi connectivity index (χ2n) is 7.50. The maximum atomic E-state index is 11.6. The number of rotatable bonds is 4. The molecule has 1 aromatic carbocycles. The van der Waals surface area contributed by atoms with Crippen molar-refractivity contribution < 1.29 is 14.0 Å². The minimum Gasteiger partial charge on any atom is -0.541 e. The van der Waals surface area contributed by atoms with Crippen LogP contribution in [0.4, 0.5) is 0 Å². The Morgan fingerprint density at radius 1 is 1.17 bits per heavy atom. The van der Waals surface area contributed by atoms with Gasteiger partial charge in [0.05, 0.1) is 7.11 Å². The van der Waals surface area contributed by atoms with Crippen molar-refractivity contribution in [2.45, 2.75) is 52.8 Å². The lowest BCUT2D eigenvalue weighted by Gasteiger charge is -2.36. The van der Waals surface area contributed by atoms with Gasteiger partial charge in [0, 0.05) is 11.5 Å². The predicted molar refractivity (Wildman–Crippen MR) is 97.5 cm³/mol. The topological polar surface area (TPSA) is 35.5 Å². The number of Topliss-reactive ketones (excluding diaryl/α,β-unsaturated/α-hetero) is 1. The molecule has 0 N–H and O–H groups in total. The molecule has 0 heterocycles. The van der Waals surface area contributed by atoms with E-state index in [1.807, 2.05) is 32.0 Å². The highest BCUT2D eigenvalue weighted by Crippen LogP contribution is 2.40. The lowest BCUT2D eigenvalue weighted by Crippen LogP contribution is -2.43. The Hall–Kier alpha value is -1.73. The number of hydrogen-bond acceptors (Lipinski definition) is 3. The molecule has 4 heteroatoms. The molecule has 0 bridgehead atoms. The van der Waals surface area contributed by atoms with Gasteiger partial charge >= 0.3 is 0 Å². The van der Waals surface area contributed by atoms with Crippen molar-refractivity contribution in [1.82, 2.24) is 0 Å². The van der Waals surface area contributed by atoms with Crippen molar-refractivity contribution in [3.05, 3.63) is 23.8 Å². The molecule has 0 saturated carbocycles. The van der Waals surface area contributed by atoms with Gasteiger partial charge in [-0.3, -0.25) is 4.79 Å². The summed E-state index contributed by atoms with van der Waals surface area (Å²) in [6.45, 7) is 14.7. The summed E-state index contributed by atoms with van der Waals surface area (Å²) in [5, 5.41) is 0.111. The SMILES string of the molecule is COc1cc(C#CC(=O)C(C)C)ccc1O[Si](C)(C)C(C)(C)C. The van der Waals surface area contributed by atoms with Crippen molar-refractivity contribution >= 4 is 14.1 Å². The van der Waals surface area contributed by atoms with E-state index in [-0.39, 0.29) is 16.7 Å². The fourth-order valence-electron chi connectivity index (χ4n) is 1.54. The monoisotopic (exact) mass is 332 g/mol. The van der Waals surface area contributed by atoms with Crippen molar-refractivity contribution in [1.29, 1.82) is 0 Å². The summed E-state index contributed by atoms with van der Waals surface area (Å²) in [4.78, 5) is 11.6. The molecular weight excluding hydrogens is 304 g/mol. The van der Waals surface area contributed by atoms with Gasteiger partial charge in [-0.05, 0) is 42.3 Å². The molecule has 0 unspecified atom stereocenters. The molecule has 1 rings (SSSR count). The van der Waals surface area contributed by atoms with Gasteiger partial charge in [0.2, 0.25) is 5.78 Å². The first-order chi connectivity index (χ1) is 10.5. The van der Waals surface area contributed by atoms with Crippen LogP contribution in [-0.2, 0) is 4.79 Å². The van der Waals surface area contributed by atoms with Crippen LogP contribution in [0.3, 0.4) is 0 Å². The van der Waals surface area contributed by atoms with Crippen LogP contribution < -0.4 is 9.16 Å². The van der Waals surface area contributed by atoms with Crippen LogP contribution in [-0.4, -0.2) is 21.2 Å².